The minimum atomic E-state index is -0.554. The van der Waals surface area contributed by atoms with Crippen molar-refractivity contribution in [2.75, 3.05) is 31.1 Å². The molecule has 5 rings (SSSR count). The maximum absolute atomic E-state index is 13.9. The third-order valence-electron chi connectivity index (χ3n) is 5.85. The molecule has 1 N–H and O–H groups in total. The Labute approximate surface area is 166 Å². The molecule has 0 atom stereocenters. The van der Waals surface area contributed by atoms with Crippen LogP contribution in [0.3, 0.4) is 0 Å². The van der Waals surface area contributed by atoms with Crippen molar-refractivity contribution in [3.05, 3.63) is 63.8 Å². The van der Waals surface area contributed by atoms with E-state index in [4.69, 9.17) is 0 Å². The number of hydrogen-bond acceptors (Lipinski definition) is 5. The second kappa shape index (κ2) is 6.59. The zero-order valence-electron chi connectivity index (χ0n) is 16.1. The lowest BCUT2D eigenvalue weighted by atomic mass is 9.72. The van der Waals surface area contributed by atoms with E-state index in [1.165, 1.54) is 12.1 Å². The van der Waals surface area contributed by atoms with E-state index in [-0.39, 0.29) is 11.0 Å². The van der Waals surface area contributed by atoms with E-state index in [2.05, 4.69) is 19.9 Å². The molecule has 6 nitrogen and oxygen atoms in total. The van der Waals surface area contributed by atoms with Crippen molar-refractivity contribution >= 4 is 16.7 Å². The molecule has 1 spiro atoms. The molecule has 2 aromatic heterocycles. The summed E-state index contributed by atoms with van der Waals surface area (Å²) >= 11 is 0. The number of hydrogen-bond donors (Lipinski definition) is 1. The monoisotopic (exact) mass is 397 g/mol. The Bertz CT molecular complexity index is 1150. The molecule has 3 aromatic rings. The van der Waals surface area contributed by atoms with Crippen molar-refractivity contribution in [2.24, 2.45) is 5.41 Å². The van der Waals surface area contributed by atoms with Gasteiger partial charge in [-0.05, 0) is 24.6 Å². The van der Waals surface area contributed by atoms with Crippen molar-refractivity contribution < 1.29 is 8.78 Å². The van der Waals surface area contributed by atoms with E-state index >= 15 is 0 Å². The summed E-state index contributed by atoms with van der Waals surface area (Å²) in [5.41, 5.74) is 3.29. The van der Waals surface area contributed by atoms with Crippen molar-refractivity contribution in [3.8, 4) is 0 Å². The summed E-state index contributed by atoms with van der Waals surface area (Å²) in [4.78, 5) is 28.0. The van der Waals surface area contributed by atoms with Gasteiger partial charge in [0.1, 0.15) is 22.8 Å². The van der Waals surface area contributed by atoms with Gasteiger partial charge in [0.2, 0.25) is 0 Å². The van der Waals surface area contributed by atoms with Crippen LogP contribution in [0.25, 0.3) is 11.0 Å². The molecule has 8 heteroatoms. The minimum absolute atomic E-state index is 0.150. The van der Waals surface area contributed by atoms with Gasteiger partial charge in [-0.15, -0.1) is 0 Å². The fraction of sp³-hybridized carbons (Fsp3) is 0.381. The lowest BCUT2D eigenvalue weighted by Crippen LogP contribution is -2.72. The Morgan fingerprint density at radius 2 is 1.97 bits per heavy atom. The Hall–Kier alpha value is -2.87. The molecule has 1 aromatic carbocycles. The van der Waals surface area contributed by atoms with Crippen LogP contribution in [0.2, 0.25) is 0 Å². The molecule has 0 bridgehead atoms. The summed E-state index contributed by atoms with van der Waals surface area (Å²) in [6.45, 7) is 5.96. The molecule has 0 amide bonds. The number of fused-ring (bicyclic) bond motifs is 1. The molecule has 2 saturated heterocycles. The van der Waals surface area contributed by atoms with Crippen LogP contribution in [0.4, 0.5) is 14.5 Å². The van der Waals surface area contributed by atoms with Crippen molar-refractivity contribution in [3.63, 3.8) is 0 Å². The number of benzene rings is 1. The van der Waals surface area contributed by atoms with Crippen LogP contribution in [0.15, 0.2) is 35.3 Å². The number of likely N-dealkylation sites (tertiary alicyclic amines) is 1. The number of aromatic amines is 1. The average molecular weight is 397 g/mol. The number of H-pyrrole nitrogens is 1. The summed E-state index contributed by atoms with van der Waals surface area (Å²) in [7, 11) is 0. The molecule has 2 fully saturated rings. The first kappa shape index (κ1) is 18.2. The van der Waals surface area contributed by atoms with Gasteiger partial charge in [-0.25, -0.2) is 13.8 Å². The van der Waals surface area contributed by atoms with E-state index in [9.17, 15) is 13.6 Å². The molecule has 4 heterocycles. The van der Waals surface area contributed by atoms with Gasteiger partial charge < -0.3 is 9.88 Å². The number of nitrogens with zero attached hydrogens (tertiary/aromatic N) is 4. The highest BCUT2D eigenvalue weighted by atomic mass is 19.1. The standard InChI is InChI=1S/C21H21F2N5O/c1-2-16-20(29)26-17-6-14(24-7-18(17)25-16)8-27-9-21(10-27)11-28(12-21)19-4-3-13(22)5-15(19)23/h3-7H,2,8-12H2,1H3,(H,26,29). The molecule has 29 heavy (non-hydrogen) atoms. The average Bonchev–Trinajstić information content (AvgIpc) is 2.62. The quantitative estimate of drug-likeness (QED) is 0.733. The number of nitrogens with one attached hydrogen (secondary N) is 1. The number of aryl methyl sites for hydroxylation is 1. The molecule has 150 valence electrons. The third-order valence-corrected chi connectivity index (χ3v) is 5.85. The van der Waals surface area contributed by atoms with E-state index in [1.807, 2.05) is 17.9 Å². The smallest absolute Gasteiger partial charge is 0.270 e. The number of pyridine rings is 1. The van der Waals surface area contributed by atoms with Crippen molar-refractivity contribution in [2.45, 2.75) is 19.9 Å². The molecule has 2 aliphatic rings. The van der Waals surface area contributed by atoms with Crippen molar-refractivity contribution in [1.82, 2.24) is 19.9 Å². The maximum Gasteiger partial charge on any atom is 0.270 e. The van der Waals surface area contributed by atoms with Crippen LogP contribution in [0.5, 0.6) is 0 Å². The first-order valence-electron chi connectivity index (χ1n) is 9.75. The van der Waals surface area contributed by atoms with Gasteiger partial charge in [-0.2, -0.15) is 0 Å². The second-order valence-electron chi connectivity index (χ2n) is 8.16. The highest BCUT2D eigenvalue weighted by Crippen LogP contribution is 2.43. The Morgan fingerprint density at radius 3 is 2.69 bits per heavy atom. The molecule has 0 radical (unpaired) electrons. The van der Waals surface area contributed by atoms with Crippen molar-refractivity contribution in [1.29, 1.82) is 0 Å². The van der Waals surface area contributed by atoms with E-state index in [1.54, 1.807) is 6.20 Å². The first-order valence-corrected chi connectivity index (χ1v) is 9.75. The van der Waals surface area contributed by atoms with Gasteiger partial charge >= 0.3 is 0 Å². The third kappa shape index (κ3) is 3.17. The van der Waals surface area contributed by atoms with Crippen LogP contribution < -0.4 is 10.5 Å². The number of anilines is 1. The van der Waals surface area contributed by atoms with E-state index in [0.717, 1.165) is 37.9 Å². The topological polar surface area (TPSA) is 65.1 Å². The van der Waals surface area contributed by atoms with Crippen LogP contribution in [0, 0.1) is 17.0 Å². The predicted octanol–water partition coefficient (Wildman–Crippen LogP) is 2.48. The SMILES string of the molecule is CCc1nc2cnc(CN3CC4(C3)CN(c3ccc(F)cc3F)C4)cc2[nH]c1=O. The second-order valence-corrected chi connectivity index (χ2v) is 8.16. The largest absolute Gasteiger partial charge is 0.368 e. The zero-order chi connectivity index (χ0) is 20.2. The Kier molecular flexibility index (Phi) is 4.13. The van der Waals surface area contributed by atoms with Crippen LogP contribution in [0.1, 0.15) is 18.3 Å². The highest BCUT2D eigenvalue weighted by Gasteiger charge is 2.51. The number of halogens is 2. The number of rotatable bonds is 4. The zero-order valence-corrected chi connectivity index (χ0v) is 16.1. The van der Waals surface area contributed by atoms with Crippen LogP contribution in [-0.4, -0.2) is 46.0 Å². The minimum Gasteiger partial charge on any atom is -0.368 e. The molecular formula is C21H21F2N5O. The fourth-order valence-electron chi connectivity index (χ4n) is 4.51. The molecule has 0 aliphatic carbocycles. The van der Waals surface area contributed by atoms with Gasteiger partial charge in [0.25, 0.3) is 5.56 Å². The van der Waals surface area contributed by atoms with Crippen LogP contribution >= 0.6 is 0 Å². The highest BCUT2D eigenvalue weighted by molar-refractivity contribution is 5.73. The first-order chi connectivity index (χ1) is 13.9. The lowest BCUT2D eigenvalue weighted by molar-refractivity contribution is -0.0282. The van der Waals surface area contributed by atoms with Crippen LogP contribution in [-0.2, 0) is 13.0 Å². The van der Waals surface area contributed by atoms with E-state index in [0.29, 0.717) is 35.4 Å². The van der Waals surface area contributed by atoms with E-state index < -0.39 is 11.6 Å². The summed E-state index contributed by atoms with van der Waals surface area (Å²) in [5, 5.41) is 0. The summed E-state index contributed by atoms with van der Waals surface area (Å²) in [6.07, 6.45) is 2.29. The molecular weight excluding hydrogens is 376 g/mol. The molecule has 0 saturated carbocycles. The predicted molar refractivity (Wildman–Crippen MR) is 106 cm³/mol. The Morgan fingerprint density at radius 1 is 1.17 bits per heavy atom. The summed E-state index contributed by atoms with van der Waals surface area (Å²) in [6, 6.07) is 5.62. The molecule has 0 unspecified atom stereocenters. The van der Waals surface area contributed by atoms with Gasteiger partial charge in [0.05, 0.1) is 23.1 Å². The maximum atomic E-state index is 13.9. The normalized spacial score (nSPS) is 18.1. The van der Waals surface area contributed by atoms with Gasteiger partial charge in [-0.3, -0.25) is 14.7 Å². The van der Waals surface area contributed by atoms with Gasteiger partial charge in [0.15, 0.2) is 0 Å². The lowest BCUT2D eigenvalue weighted by Gasteiger charge is -2.61. The number of aromatic nitrogens is 3. The summed E-state index contributed by atoms with van der Waals surface area (Å²) < 4.78 is 27.0. The van der Waals surface area contributed by atoms with Gasteiger partial charge in [0, 0.05) is 44.2 Å². The van der Waals surface area contributed by atoms with Gasteiger partial charge in [-0.1, -0.05) is 6.92 Å². The molecule has 2 aliphatic heterocycles. The Balaban J connectivity index is 1.22. The fourth-order valence-corrected chi connectivity index (χ4v) is 4.51. The summed E-state index contributed by atoms with van der Waals surface area (Å²) in [5.74, 6) is -1.06.